The third kappa shape index (κ3) is 4.00. The van der Waals surface area contributed by atoms with Crippen LogP contribution in [0.5, 0.6) is 0 Å². The molecular weight excluding hydrogens is 392 g/mol. The number of amides is 1. The standard InChI is InChI=1S/C23H22N6O2/c1-15-20(16(2)29(26-15)14-17-9-5-4-6-10-17)13-24-25-22(30)21-18-11-7-8-12-19(18)23(31)28(3)27-21/h4-13H,14H2,1-3H3,(H,25,30)/b24-13+. The molecule has 2 aromatic carbocycles. The number of benzene rings is 2. The first-order valence-electron chi connectivity index (χ1n) is 9.83. The molecule has 4 aromatic rings. The minimum Gasteiger partial charge on any atom is -0.267 e. The Kier molecular flexibility index (Phi) is 5.44. The molecule has 156 valence electrons. The second-order valence-corrected chi connectivity index (χ2v) is 7.25. The molecule has 0 saturated heterocycles. The second-order valence-electron chi connectivity index (χ2n) is 7.25. The van der Waals surface area contributed by atoms with Crippen molar-refractivity contribution >= 4 is 22.9 Å². The van der Waals surface area contributed by atoms with Gasteiger partial charge in [-0.05, 0) is 25.5 Å². The van der Waals surface area contributed by atoms with Crippen LogP contribution in [0.2, 0.25) is 0 Å². The summed E-state index contributed by atoms with van der Waals surface area (Å²) in [6.07, 6.45) is 1.58. The zero-order chi connectivity index (χ0) is 22.0. The average Bonchev–Trinajstić information content (AvgIpc) is 3.04. The molecule has 0 radical (unpaired) electrons. The van der Waals surface area contributed by atoms with Crippen molar-refractivity contribution in [2.45, 2.75) is 20.4 Å². The van der Waals surface area contributed by atoms with Crippen molar-refractivity contribution in [3.63, 3.8) is 0 Å². The normalized spacial score (nSPS) is 11.3. The largest absolute Gasteiger partial charge is 0.292 e. The number of rotatable bonds is 5. The first-order valence-corrected chi connectivity index (χ1v) is 9.83. The molecule has 2 heterocycles. The number of hydrogen-bond donors (Lipinski definition) is 1. The minimum absolute atomic E-state index is 0.142. The van der Waals surface area contributed by atoms with Crippen LogP contribution in [-0.4, -0.2) is 31.7 Å². The van der Waals surface area contributed by atoms with E-state index in [0.29, 0.717) is 17.3 Å². The van der Waals surface area contributed by atoms with Crippen LogP contribution in [0.1, 0.15) is 33.0 Å². The monoisotopic (exact) mass is 414 g/mol. The Balaban J connectivity index is 1.56. The number of hydrogen-bond acceptors (Lipinski definition) is 5. The molecule has 0 aliphatic carbocycles. The Hall–Kier alpha value is -4.07. The molecule has 1 amide bonds. The van der Waals surface area contributed by atoms with Gasteiger partial charge in [0.05, 0.1) is 23.8 Å². The molecule has 0 spiro atoms. The van der Waals surface area contributed by atoms with Crippen molar-refractivity contribution in [3.05, 3.63) is 93.2 Å². The van der Waals surface area contributed by atoms with Gasteiger partial charge in [0.2, 0.25) is 0 Å². The predicted molar refractivity (Wildman–Crippen MR) is 119 cm³/mol. The molecule has 1 N–H and O–H groups in total. The fourth-order valence-corrected chi connectivity index (χ4v) is 3.48. The van der Waals surface area contributed by atoms with Crippen LogP contribution in [0.3, 0.4) is 0 Å². The van der Waals surface area contributed by atoms with Gasteiger partial charge in [-0.25, -0.2) is 10.1 Å². The van der Waals surface area contributed by atoms with E-state index in [-0.39, 0.29) is 11.3 Å². The van der Waals surface area contributed by atoms with Gasteiger partial charge in [-0.15, -0.1) is 0 Å². The Morgan fingerprint density at radius 1 is 1.03 bits per heavy atom. The van der Waals surface area contributed by atoms with Crippen molar-refractivity contribution in [2.24, 2.45) is 12.1 Å². The van der Waals surface area contributed by atoms with E-state index in [4.69, 9.17) is 0 Å². The highest BCUT2D eigenvalue weighted by atomic mass is 16.2. The Morgan fingerprint density at radius 2 is 1.71 bits per heavy atom. The number of carbonyl (C=O) groups excluding carboxylic acids is 1. The molecule has 0 atom stereocenters. The summed E-state index contributed by atoms with van der Waals surface area (Å²) in [6, 6.07) is 17.0. The zero-order valence-electron chi connectivity index (χ0n) is 17.5. The van der Waals surface area contributed by atoms with Crippen LogP contribution in [0, 0.1) is 13.8 Å². The average molecular weight is 414 g/mol. The number of fused-ring (bicyclic) bond motifs is 1. The Bertz CT molecular complexity index is 1350. The molecule has 0 aliphatic rings. The van der Waals surface area contributed by atoms with Gasteiger partial charge in [-0.3, -0.25) is 14.3 Å². The highest BCUT2D eigenvalue weighted by molar-refractivity contribution is 6.05. The molecule has 8 heteroatoms. The second kappa shape index (κ2) is 8.35. The zero-order valence-corrected chi connectivity index (χ0v) is 17.5. The number of aromatic nitrogens is 4. The van der Waals surface area contributed by atoms with Crippen LogP contribution in [0.25, 0.3) is 10.8 Å². The molecule has 4 rings (SSSR count). The topological polar surface area (TPSA) is 94.2 Å². The van der Waals surface area contributed by atoms with Crippen molar-refractivity contribution in [1.29, 1.82) is 0 Å². The van der Waals surface area contributed by atoms with E-state index in [9.17, 15) is 9.59 Å². The quantitative estimate of drug-likeness (QED) is 0.401. The number of aryl methyl sites for hydroxylation is 2. The number of carbonyl (C=O) groups is 1. The summed E-state index contributed by atoms with van der Waals surface area (Å²) in [5.74, 6) is -0.491. The van der Waals surface area contributed by atoms with Crippen molar-refractivity contribution in [2.75, 3.05) is 0 Å². The van der Waals surface area contributed by atoms with Gasteiger partial charge in [-0.2, -0.15) is 15.3 Å². The van der Waals surface area contributed by atoms with Crippen LogP contribution >= 0.6 is 0 Å². The maximum absolute atomic E-state index is 12.7. The first kappa shape index (κ1) is 20.2. The molecule has 31 heavy (non-hydrogen) atoms. The summed E-state index contributed by atoms with van der Waals surface area (Å²) >= 11 is 0. The molecule has 0 bridgehead atoms. The maximum Gasteiger partial charge on any atom is 0.292 e. The number of nitrogens with one attached hydrogen (secondary N) is 1. The summed E-state index contributed by atoms with van der Waals surface area (Å²) in [7, 11) is 1.52. The van der Waals surface area contributed by atoms with Gasteiger partial charge in [-0.1, -0.05) is 48.5 Å². The highest BCUT2D eigenvalue weighted by Gasteiger charge is 2.15. The molecule has 2 aromatic heterocycles. The SMILES string of the molecule is Cc1nn(Cc2ccccc2)c(C)c1/C=N/NC(=O)c1nn(C)c(=O)c2ccccc12. The van der Waals surface area contributed by atoms with Crippen molar-refractivity contribution in [1.82, 2.24) is 25.0 Å². The smallest absolute Gasteiger partial charge is 0.267 e. The minimum atomic E-state index is -0.491. The van der Waals surface area contributed by atoms with Gasteiger partial charge >= 0.3 is 0 Å². The van der Waals surface area contributed by atoms with E-state index in [1.165, 1.54) is 7.05 Å². The molecule has 0 unspecified atom stereocenters. The molecule has 8 nitrogen and oxygen atoms in total. The highest BCUT2D eigenvalue weighted by Crippen LogP contribution is 2.14. The van der Waals surface area contributed by atoms with Crippen molar-refractivity contribution in [3.8, 4) is 0 Å². The van der Waals surface area contributed by atoms with Gasteiger partial charge in [0, 0.05) is 23.7 Å². The number of hydrazone groups is 1. The summed E-state index contributed by atoms with van der Waals surface area (Å²) in [6.45, 7) is 4.52. The summed E-state index contributed by atoms with van der Waals surface area (Å²) < 4.78 is 3.07. The predicted octanol–water partition coefficient (Wildman–Crippen LogP) is 2.56. The summed E-state index contributed by atoms with van der Waals surface area (Å²) in [5, 5.41) is 13.7. The lowest BCUT2D eigenvalue weighted by Gasteiger charge is -2.06. The van der Waals surface area contributed by atoms with E-state index in [1.807, 2.05) is 36.7 Å². The van der Waals surface area contributed by atoms with E-state index in [0.717, 1.165) is 27.2 Å². The lowest BCUT2D eigenvalue weighted by Crippen LogP contribution is -2.27. The van der Waals surface area contributed by atoms with E-state index in [1.54, 1.807) is 30.5 Å². The molecule has 0 fully saturated rings. The third-order valence-electron chi connectivity index (χ3n) is 5.14. The van der Waals surface area contributed by atoms with Gasteiger partial charge in [0.15, 0.2) is 5.69 Å². The Labute approximate surface area is 178 Å². The van der Waals surface area contributed by atoms with Crippen LogP contribution in [0.4, 0.5) is 0 Å². The lowest BCUT2D eigenvalue weighted by atomic mass is 10.1. The van der Waals surface area contributed by atoms with Gasteiger partial charge < -0.3 is 0 Å². The molecule has 0 aliphatic heterocycles. The van der Waals surface area contributed by atoms with Gasteiger partial charge in [0.25, 0.3) is 11.5 Å². The van der Waals surface area contributed by atoms with Crippen LogP contribution < -0.4 is 11.0 Å². The number of nitrogens with zero attached hydrogens (tertiary/aromatic N) is 5. The summed E-state index contributed by atoms with van der Waals surface area (Å²) in [4.78, 5) is 24.9. The van der Waals surface area contributed by atoms with Crippen molar-refractivity contribution < 1.29 is 4.79 Å². The summed E-state index contributed by atoms with van der Waals surface area (Å²) in [5.41, 5.74) is 6.16. The first-order chi connectivity index (χ1) is 15.0. The lowest BCUT2D eigenvalue weighted by molar-refractivity contribution is 0.0950. The molecular formula is C23H22N6O2. The van der Waals surface area contributed by atoms with Crippen LogP contribution in [-0.2, 0) is 13.6 Å². The van der Waals surface area contributed by atoms with E-state index < -0.39 is 5.91 Å². The van der Waals surface area contributed by atoms with E-state index in [2.05, 4.69) is 32.9 Å². The maximum atomic E-state index is 12.7. The van der Waals surface area contributed by atoms with Gasteiger partial charge in [0.1, 0.15) is 0 Å². The van der Waals surface area contributed by atoms with Crippen LogP contribution in [0.15, 0.2) is 64.5 Å². The van der Waals surface area contributed by atoms with E-state index >= 15 is 0 Å². The third-order valence-corrected chi connectivity index (χ3v) is 5.14. The fourth-order valence-electron chi connectivity index (χ4n) is 3.48. The fraction of sp³-hybridized carbons (Fsp3) is 0.174. The Morgan fingerprint density at radius 3 is 2.45 bits per heavy atom. The molecule has 0 saturated carbocycles.